The first kappa shape index (κ1) is 28.2. The van der Waals surface area contributed by atoms with Crippen molar-refractivity contribution in [2.45, 2.75) is 21.8 Å². The molecule has 0 aromatic heterocycles. The Morgan fingerprint density at radius 1 is 0.725 bits per heavy atom. The molecule has 0 fully saturated rings. The summed E-state index contributed by atoms with van der Waals surface area (Å²) in [6, 6.07) is 19.2. The number of hydrogen-bond acceptors (Lipinski definition) is 6. The third kappa shape index (κ3) is 5.01. The van der Waals surface area contributed by atoms with Gasteiger partial charge in [-0.2, -0.15) is 21.6 Å². The molecule has 0 bridgehead atoms. The highest BCUT2D eigenvalue weighted by atomic mass is 35.5. The quantitative estimate of drug-likeness (QED) is 0.235. The second-order valence-corrected chi connectivity index (χ2v) is 12.8. The summed E-state index contributed by atoms with van der Waals surface area (Å²) in [5.74, 6) is -2.58. The smallest absolute Gasteiger partial charge is 0.333 e. The largest absolute Gasteiger partial charge is 0.416 e. The van der Waals surface area contributed by atoms with Crippen LogP contribution in [0.1, 0.15) is 11.1 Å². The number of halogens is 5. The molecule has 1 atom stereocenters. The molecule has 40 heavy (non-hydrogen) atoms. The molecule has 208 valence electrons. The number of sulfonamides is 1. The van der Waals surface area contributed by atoms with Gasteiger partial charge >= 0.3 is 16.3 Å². The summed E-state index contributed by atoms with van der Waals surface area (Å²) < 4.78 is 102. The van der Waals surface area contributed by atoms with Crippen molar-refractivity contribution < 1.29 is 34.2 Å². The second-order valence-electron chi connectivity index (χ2n) is 8.58. The van der Waals surface area contributed by atoms with Gasteiger partial charge in [-0.1, -0.05) is 47.5 Å². The fraction of sp³-hybridized carbons (Fsp3) is 0.0769. The lowest BCUT2D eigenvalue weighted by Gasteiger charge is -2.38. The van der Waals surface area contributed by atoms with E-state index in [1.807, 2.05) is 0 Å². The standard InChI is InChI=1S/C26H17Cl2F3N2O5S2/c27-19-9-13-21(14-10-19)39(34,35)33-24-4-2-1-3-23(24)32-26(33,18-7-5-17(6-8-18)25(29,30)31)38-40(36,37)22-15-11-20(28)12-16-22/h1-16,32H/t26-/m1/s1. The van der Waals surface area contributed by atoms with Crippen molar-refractivity contribution in [3.63, 3.8) is 0 Å². The highest BCUT2D eigenvalue weighted by Gasteiger charge is 2.55. The van der Waals surface area contributed by atoms with Gasteiger partial charge in [-0.25, -0.2) is 16.9 Å². The summed E-state index contributed by atoms with van der Waals surface area (Å²) in [4.78, 5) is -0.649. The van der Waals surface area contributed by atoms with E-state index in [1.165, 1.54) is 54.6 Å². The molecule has 1 aliphatic rings. The molecule has 0 amide bonds. The van der Waals surface area contributed by atoms with E-state index in [0.717, 1.165) is 24.3 Å². The number of nitrogens with one attached hydrogen (secondary N) is 1. The normalized spacial score (nSPS) is 17.4. The maximum absolute atomic E-state index is 14.2. The van der Waals surface area contributed by atoms with E-state index in [9.17, 15) is 30.0 Å². The average molecular weight is 629 g/mol. The molecule has 1 N–H and O–H groups in total. The van der Waals surface area contributed by atoms with Crippen LogP contribution >= 0.6 is 23.2 Å². The molecule has 0 radical (unpaired) electrons. The lowest BCUT2D eigenvalue weighted by molar-refractivity contribution is -0.137. The Hall–Kier alpha value is -3.29. The topological polar surface area (TPSA) is 92.8 Å². The predicted octanol–water partition coefficient (Wildman–Crippen LogP) is 6.85. The van der Waals surface area contributed by atoms with Gasteiger partial charge in [0.2, 0.25) is 0 Å². The van der Waals surface area contributed by atoms with Gasteiger partial charge < -0.3 is 5.32 Å². The minimum atomic E-state index is -4.78. The molecule has 7 nitrogen and oxygen atoms in total. The first-order chi connectivity index (χ1) is 18.7. The van der Waals surface area contributed by atoms with Crippen LogP contribution in [0.25, 0.3) is 0 Å². The van der Waals surface area contributed by atoms with Crippen molar-refractivity contribution in [3.8, 4) is 0 Å². The van der Waals surface area contributed by atoms with Gasteiger partial charge in [0.1, 0.15) is 0 Å². The number of alkyl halides is 3. The van der Waals surface area contributed by atoms with Crippen LogP contribution in [0, 0.1) is 0 Å². The van der Waals surface area contributed by atoms with Crippen LogP contribution in [0.5, 0.6) is 0 Å². The maximum atomic E-state index is 14.2. The van der Waals surface area contributed by atoms with Crippen LogP contribution in [0.3, 0.4) is 0 Å². The van der Waals surface area contributed by atoms with Gasteiger partial charge in [-0.3, -0.25) is 0 Å². The summed E-state index contributed by atoms with van der Waals surface area (Å²) in [5.41, 5.74) is -1.14. The number of nitrogens with zero attached hydrogens (tertiary/aromatic N) is 1. The zero-order chi connectivity index (χ0) is 28.9. The highest BCUT2D eigenvalue weighted by molar-refractivity contribution is 7.93. The zero-order valence-corrected chi connectivity index (χ0v) is 23.1. The molecule has 0 aliphatic carbocycles. The minimum Gasteiger partial charge on any atom is -0.333 e. The van der Waals surface area contributed by atoms with Crippen molar-refractivity contribution in [1.82, 2.24) is 0 Å². The first-order valence-corrected chi connectivity index (χ1v) is 14.9. The Morgan fingerprint density at radius 3 is 1.80 bits per heavy atom. The fourth-order valence-corrected chi connectivity index (χ4v) is 7.19. The van der Waals surface area contributed by atoms with Gasteiger partial charge in [-0.05, 0) is 72.8 Å². The van der Waals surface area contributed by atoms with Crippen LogP contribution in [-0.4, -0.2) is 16.8 Å². The highest BCUT2D eigenvalue weighted by Crippen LogP contribution is 2.50. The monoisotopic (exact) mass is 628 g/mol. The number of para-hydroxylation sites is 2. The molecule has 4 aromatic rings. The average Bonchev–Trinajstić information content (AvgIpc) is 3.23. The Kier molecular flexibility index (Phi) is 7.04. The van der Waals surface area contributed by atoms with Crippen molar-refractivity contribution >= 4 is 54.7 Å². The van der Waals surface area contributed by atoms with Gasteiger partial charge in [0, 0.05) is 15.6 Å². The van der Waals surface area contributed by atoms with Crippen LogP contribution in [0.4, 0.5) is 24.5 Å². The van der Waals surface area contributed by atoms with Gasteiger partial charge in [0.15, 0.2) is 0 Å². The van der Waals surface area contributed by atoms with Gasteiger partial charge in [0.05, 0.1) is 26.7 Å². The van der Waals surface area contributed by atoms with Gasteiger partial charge in [0.25, 0.3) is 15.9 Å². The van der Waals surface area contributed by atoms with Crippen LogP contribution in [0.15, 0.2) is 107 Å². The number of rotatable bonds is 6. The van der Waals surface area contributed by atoms with E-state index < -0.39 is 37.7 Å². The van der Waals surface area contributed by atoms with Crippen molar-refractivity contribution in [2.75, 3.05) is 9.62 Å². The van der Waals surface area contributed by atoms with E-state index in [4.69, 9.17) is 27.4 Å². The summed E-state index contributed by atoms with van der Waals surface area (Å²) in [6.07, 6.45) is -4.71. The van der Waals surface area contributed by atoms with E-state index in [2.05, 4.69) is 5.32 Å². The molecule has 0 saturated heterocycles. The number of fused-ring (bicyclic) bond motifs is 1. The molecule has 0 spiro atoms. The van der Waals surface area contributed by atoms with Crippen molar-refractivity contribution in [3.05, 3.63) is 118 Å². The Labute approximate surface area is 237 Å². The minimum absolute atomic E-state index is 0.0105. The molecule has 1 aliphatic heterocycles. The molecule has 0 saturated carbocycles. The lowest BCUT2D eigenvalue weighted by Crippen LogP contribution is -2.54. The number of hydrogen-bond donors (Lipinski definition) is 1. The Morgan fingerprint density at radius 2 is 1.25 bits per heavy atom. The summed E-state index contributed by atoms with van der Waals surface area (Å²) in [7, 11) is -9.42. The number of anilines is 2. The molecular weight excluding hydrogens is 612 g/mol. The molecule has 0 unspecified atom stereocenters. The first-order valence-electron chi connectivity index (χ1n) is 11.3. The summed E-state index contributed by atoms with van der Waals surface area (Å²) in [5, 5.41) is 3.29. The van der Waals surface area contributed by atoms with Crippen LogP contribution in [0.2, 0.25) is 10.0 Å². The van der Waals surface area contributed by atoms with E-state index in [1.54, 1.807) is 6.07 Å². The zero-order valence-electron chi connectivity index (χ0n) is 19.9. The predicted molar refractivity (Wildman–Crippen MR) is 144 cm³/mol. The lowest BCUT2D eigenvalue weighted by atomic mass is 10.1. The second kappa shape index (κ2) is 9.96. The maximum Gasteiger partial charge on any atom is 0.416 e. The van der Waals surface area contributed by atoms with E-state index in [0.29, 0.717) is 16.4 Å². The molecular formula is C26H17Cl2F3N2O5S2. The van der Waals surface area contributed by atoms with Crippen LogP contribution in [-0.2, 0) is 36.3 Å². The third-order valence-electron chi connectivity index (χ3n) is 6.00. The molecule has 4 aromatic carbocycles. The Balaban J connectivity index is 1.77. The summed E-state index contributed by atoms with van der Waals surface area (Å²) >= 11 is 11.8. The fourth-order valence-electron chi connectivity index (χ4n) is 4.16. The molecule has 5 rings (SSSR count). The molecule has 1 heterocycles. The SMILES string of the molecule is O=S(=O)(O[C@]1(c2ccc(C(F)(F)F)cc2)Nc2ccccc2N1S(=O)(=O)c1ccc(Cl)cc1)c1ccc(Cl)cc1. The van der Waals surface area contributed by atoms with Crippen molar-refractivity contribution in [1.29, 1.82) is 0 Å². The Bertz CT molecular complexity index is 1780. The van der Waals surface area contributed by atoms with Gasteiger partial charge in [-0.15, -0.1) is 0 Å². The number of benzene rings is 4. The third-order valence-corrected chi connectivity index (χ3v) is 9.62. The van der Waals surface area contributed by atoms with E-state index >= 15 is 0 Å². The van der Waals surface area contributed by atoms with Crippen molar-refractivity contribution in [2.24, 2.45) is 0 Å². The van der Waals surface area contributed by atoms with E-state index in [-0.39, 0.29) is 36.8 Å². The molecule has 14 heteroatoms. The van der Waals surface area contributed by atoms with Crippen LogP contribution < -0.4 is 9.62 Å². The summed E-state index contributed by atoms with van der Waals surface area (Å²) in [6.45, 7) is 0.